The predicted molar refractivity (Wildman–Crippen MR) is 78.1 cm³/mol. The van der Waals surface area contributed by atoms with E-state index in [1.807, 2.05) is 0 Å². The molecule has 0 aliphatic carbocycles. The van der Waals surface area contributed by atoms with E-state index in [0.717, 1.165) is 6.07 Å². The molecular formula is C16H21F2NO3. The van der Waals surface area contributed by atoms with Gasteiger partial charge in [-0.2, -0.15) is 4.39 Å². The molecule has 4 nitrogen and oxygen atoms in total. The number of hydrogen-bond donors (Lipinski definition) is 0. The number of amides is 1. The van der Waals surface area contributed by atoms with Crippen LogP contribution in [0.15, 0.2) is 12.1 Å². The molecule has 0 spiro atoms. The molecule has 0 saturated carbocycles. The van der Waals surface area contributed by atoms with Crippen molar-refractivity contribution in [3.63, 3.8) is 0 Å². The lowest BCUT2D eigenvalue weighted by molar-refractivity contribution is 0.0292. The van der Waals surface area contributed by atoms with Crippen LogP contribution in [-0.2, 0) is 4.74 Å². The van der Waals surface area contributed by atoms with Gasteiger partial charge in [0.2, 0.25) is 5.82 Å². The van der Waals surface area contributed by atoms with Crippen molar-refractivity contribution in [1.29, 1.82) is 0 Å². The molecule has 1 unspecified atom stereocenters. The SMILES string of the molecule is COc1c(C2CCN(C(=O)OC(C)(C)C)C2)ccc(F)c1F. The second-order valence-electron chi connectivity index (χ2n) is 6.40. The van der Waals surface area contributed by atoms with Gasteiger partial charge in [0.05, 0.1) is 7.11 Å². The summed E-state index contributed by atoms with van der Waals surface area (Å²) in [6.45, 7) is 6.32. The average molecular weight is 313 g/mol. The van der Waals surface area contributed by atoms with Crippen molar-refractivity contribution in [2.24, 2.45) is 0 Å². The van der Waals surface area contributed by atoms with Crippen molar-refractivity contribution < 1.29 is 23.0 Å². The summed E-state index contributed by atoms with van der Waals surface area (Å²) >= 11 is 0. The Hall–Kier alpha value is -1.85. The second kappa shape index (κ2) is 6.10. The summed E-state index contributed by atoms with van der Waals surface area (Å²) in [6.07, 6.45) is 0.261. The molecule has 1 amide bonds. The van der Waals surface area contributed by atoms with Gasteiger partial charge in [0, 0.05) is 24.6 Å². The molecule has 0 aromatic heterocycles. The molecule has 1 fully saturated rings. The Morgan fingerprint density at radius 1 is 1.32 bits per heavy atom. The number of likely N-dealkylation sites (tertiary alicyclic amines) is 1. The van der Waals surface area contributed by atoms with Crippen molar-refractivity contribution in [3.05, 3.63) is 29.3 Å². The number of methoxy groups -OCH3 is 1. The molecule has 6 heteroatoms. The summed E-state index contributed by atoms with van der Waals surface area (Å²) in [5, 5.41) is 0. The summed E-state index contributed by atoms with van der Waals surface area (Å²) in [4.78, 5) is 13.6. The third-order valence-corrected chi connectivity index (χ3v) is 3.56. The van der Waals surface area contributed by atoms with Crippen molar-refractivity contribution in [3.8, 4) is 5.75 Å². The minimum Gasteiger partial charge on any atom is -0.493 e. The first-order valence-electron chi connectivity index (χ1n) is 7.22. The maximum absolute atomic E-state index is 13.8. The Bertz CT molecular complexity index is 569. The van der Waals surface area contributed by atoms with Crippen LogP contribution in [-0.4, -0.2) is 36.8 Å². The van der Waals surface area contributed by atoms with Gasteiger partial charge in [-0.1, -0.05) is 6.07 Å². The first-order valence-corrected chi connectivity index (χ1v) is 7.22. The number of halogens is 2. The van der Waals surface area contributed by atoms with Crippen LogP contribution in [0.5, 0.6) is 5.75 Å². The van der Waals surface area contributed by atoms with Crippen LogP contribution in [0.3, 0.4) is 0 Å². The molecule has 1 aromatic rings. The molecule has 122 valence electrons. The van der Waals surface area contributed by atoms with Crippen LogP contribution in [0.4, 0.5) is 13.6 Å². The number of rotatable bonds is 2. The Labute approximate surface area is 129 Å². The van der Waals surface area contributed by atoms with Gasteiger partial charge in [-0.25, -0.2) is 9.18 Å². The lowest BCUT2D eigenvalue weighted by Gasteiger charge is -2.24. The minimum atomic E-state index is -0.990. The smallest absolute Gasteiger partial charge is 0.410 e. The second-order valence-corrected chi connectivity index (χ2v) is 6.40. The Morgan fingerprint density at radius 3 is 2.59 bits per heavy atom. The summed E-state index contributed by atoms with van der Waals surface area (Å²) in [6, 6.07) is 2.60. The van der Waals surface area contributed by atoms with Gasteiger partial charge < -0.3 is 14.4 Å². The molecule has 1 aromatic carbocycles. The van der Waals surface area contributed by atoms with E-state index in [2.05, 4.69) is 0 Å². The van der Waals surface area contributed by atoms with Crippen molar-refractivity contribution in [2.75, 3.05) is 20.2 Å². The van der Waals surface area contributed by atoms with Crippen molar-refractivity contribution >= 4 is 6.09 Å². The normalized spacial score (nSPS) is 18.5. The van der Waals surface area contributed by atoms with Gasteiger partial charge in [-0.15, -0.1) is 0 Å². The molecule has 1 aliphatic heterocycles. The summed E-state index contributed by atoms with van der Waals surface area (Å²) in [5.41, 5.74) is 0.0157. The van der Waals surface area contributed by atoms with E-state index in [1.165, 1.54) is 13.2 Å². The number of hydrogen-bond acceptors (Lipinski definition) is 3. The van der Waals surface area contributed by atoms with E-state index in [-0.39, 0.29) is 11.7 Å². The van der Waals surface area contributed by atoms with Crippen molar-refractivity contribution in [2.45, 2.75) is 38.7 Å². The fourth-order valence-corrected chi connectivity index (χ4v) is 2.58. The topological polar surface area (TPSA) is 38.8 Å². The zero-order chi connectivity index (χ0) is 16.5. The molecule has 2 rings (SSSR count). The molecule has 0 radical (unpaired) electrons. The first-order chi connectivity index (χ1) is 10.2. The van der Waals surface area contributed by atoms with Crippen LogP contribution in [0.2, 0.25) is 0 Å². The third-order valence-electron chi connectivity index (χ3n) is 3.56. The lowest BCUT2D eigenvalue weighted by Crippen LogP contribution is -2.35. The molecular weight excluding hydrogens is 292 g/mol. The van der Waals surface area contributed by atoms with Gasteiger partial charge in [0.25, 0.3) is 0 Å². The molecule has 0 bridgehead atoms. The van der Waals surface area contributed by atoms with E-state index < -0.39 is 23.3 Å². The maximum atomic E-state index is 13.8. The highest BCUT2D eigenvalue weighted by Gasteiger charge is 2.32. The van der Waals surface area contributed by atoms with Gasteiger partial charge in [-0.3, -0.25) is 0 Å². The fourth-order valence-electron chi connectivity index (χ4n) is 2.58. The van der Waals surface area contributed by atoms with E-state index in [9.17, 15) is 13.6 Å². The summed E-state index contributed by atoms with van der Waals surface area (Å²) in [7, 11) is 1.31. The monoisotopic (exact) mass is 313 g/mol. The van der Waals surface area contributed by atoms with Gasteiger partial charge in [0.1, 0.15) is 5.60 Å². The van der Waals surface area contributed by atoms with E-state index >= 15 is 0 Å². The molecule has 1 heterocycles. The highest BCUT2D eigenvalue weighted by molar-refractivity contribution is 5.68. The first kappa shape index (κ1) is 16.5. The zero-order valence-corrected chi connectivity index (χ0v) is 13.3. The lowest BCUT2D eigenvalue weighted by atomic mass is 9.97. The quantitative estimate of drug-likeness (QED) is 0.835. The van der Waals surface area contributed by atoms with E-state index in [1.54, 1.807) is 25.7 Å². The van der Waals surface area contributed by atoms with Crippen LogP contribution in [0, 0.1) is 11.6 Å². The van der Waals surface area contributed by atoms with Crippen LogP contribution < -0.4 is 4.74 Å². The summed E-state index contributed by atoms with van der Waals surface area (Å²) < 4.78 is 37.4. The van der Waals surface area contributed by atoms with Crippen molar-refractivity contribution in [1.82, 2.24) is 4.90 Å². The predicted octanol–water partition coefficient (Wildman–Crippen LogP) is 3.70. The van der Waals surface area contributed by atoms with E-state index in [4.69, 9.17) is 9.47 Å². The highest BCUT2D eigenvalue weighted by atomic mass is 19.2. The maximum Gasteiger partial charge on any atom is 0.410 e. The molecule has 1 atom stereocenters. The van der Waals surface area contributed by atoms with Gasteiger partial charge in [0.15, 0.2) is 11.6 Å². The fraction of sp³-hybridized carbons (Fsp3) is 0.562. The largest absolute Gasteiger partial charge is 0.493 e. The van der Waals surface area contributed by atoms with Gasteiger partial charge >= 0.3 is 6.09 Å². The number of benzene rings is 1. The molecule has 0 N–H and O–H groups in total. The number of carbonyl (C=O) groups is 1. The third kappa shape index (κ3) is 3.48. The van der Waals surface area contributed by atoms with Crippen LogP contribution in [0.25, 0.3) is 0 Å². The average Bonchev–Trinajstić information content (AvgIpc) is 2.89. The highest BCUT2D eigenvalue weighted by Crippen LogP contribution is 2.36. The summed E-state index contributed by atoms with van der Waals surface area (Å²) in [5.74, 6) is -2.12. The molecule has 22 heavy (non-hydrogen) atoms. The molecule has 1 saturated heterocycles. The standard InChI is InChI=1S/C16H21F2NO3/c1-16(2,3)22-15(20)19-8-7-10(9-19)11-5-6-12(17)13(18)14(11)21-4/h5-6,10H,7-9H2,1-4H3. The zero-order valence-electron chi connectivity index (χ0n) is 13.3. The van der Waals surface area contributed by atoms with E-state index in [0.29, 0.717) is 25.1 Å². The number of carbonyl (C=O) groups excluding carboxylic acids is 1. The van der Waals surface area contributed by atoms with Crippen LogP contribution in [0.1, 0.15) is 38.7 Å². The Balaban J connectivity index is 2.14. The molecule has 1 aliphatic rings. The van der Waals surface area contributed by atoms with Crippen LogP contribution >= 0.6 is 0 Å². The number of ether oxygens (including phenoxy) is 2. The Morgan fingerprint density at radius 2 is 2.00 bits per heavy atom. The number of nitrogens with zero attached hydrogens (tertiary/aromatic N) is 1. The minimum absolute atomic E-state index is 0.0870. The Kier molecular flexibility index (Phi) is 4.58. The van der Waals surface area contributed by atoms with Gasteiger partial charge in [-0.05, 0) is 33.3 Å².